The van der Waals surface area contributed by atoms with Crippen molar-refractivity contribution in [2.75, 3.05) is 0 Å². The first-order chi connectivity index (χ1) is 3.29. The van der Waals surface area contributed by atoms with E-state index in [9.17, 15) is 4.39 Å². The van der Waals surface area contributed by atoms with Crippen LogP contribution in [0.2, 0.25) is 0 Å². The summed E-state index contributed by atoms with van der Waals surface area (Å²) >= 11 is 0. The number of halogens is 1. The quantitative estimate of drug-likeness (QED) is 0.435. The maximum absolute atomic E-state index is 12.0. The Morgan fingerprint density at radius 3 is 2.43 bits per heavy atom. The van der Waals surface area contributed by atoms with E-state index in [0.717, 1.165) is 5.57 Å². The van der Waals surface area contributed by atoms with E-state index in [1.165, 1.54) is 6.08 Å². The molecule has 0 heterocycles. The van der Waals surface area contributed by atoms with Gasteiger partial charge in [0, 0.05) is 6.42 Å². The van der Waals surface area contributed by atoms with Gasteiger partial charge >= 0.3 is 0 Å². The standard InChI is InChI=1S/C6H7F/c1-5-2-3-6(7)4-5/h2-3H,4H2,1H3. The summed E-state index contributed by atoms with van der Waals surface area (Å²) in [7, 11) is 0. The molecule has 0 N–H and O–H groups in total. The van der Waals surface area contributed by atoms with Gasteiger partial charge in [-0.25, -0.2) is 4.39 Å². The highest BCUT2D eigenvalue weighted by atomic mass is 19.1. The molecular formula is C6H7F. The molecule has 1 aliphatic rings. The molecule has 0 aromatic heterocycles. The molecule has 38 valence electrons. The molecule has 0 atom stereocenters. The van der Waals surface area contributed by atoms with Crippen molar-refractivity contribution in [3.63, 3.8) is 0 Å². The molecular weight excluding hydrogens is 91.1 g/mol. The average Bonchev–Trinajstić information content (AvgIpc) is 1.87. The van der Waals surface area contributed by atoms with Crippen LogP contribution in [-0.2, 0) is 0 Å². The van der Waals surface area contributed by atoms with Crippen LogP contribution >= 0.6 is 0 Å². The molecule has 0 saturated carbocycles. The third-order valence-corrected chi connectivity index (χ3v) is 0.996. The van der Waals surface area contributed by atoms with Crippen LogP contribution in [-0.4, -0.2) is 0 Å². The van der Waals surface area contributed by atoms with Gasteiger partial charge in [-0.3, -0.25) is 0 Å². The monoisotopic (exact) mass is 98.1 g/mol. The fourth-order valence-corrected chi connectivity index (χ4v) is 0.617. The van der Waals surface area contributed by atoms with Crippen LogP contribution in [0.3, 0.4) is 0 Å². The van der Waals surface area contributed by atoms with Gasteiger partial charge in [-0.1, -0.05) is 11.6 Å². The van der Waals surface area contributed by atoms with Crippen LogP contribution in [0.1, 0.15) is 13.3 Å². The van der Waals surface area contributed by atoms with E-state index in [1.54, 1.807) is 6.08 Å². The summed E-state index contributed by atoms with van der Waals surface area (Å²) in [6, 6.07) is 0. The van der Waals surface area contributed by atoms with Gasteiger partial charge in [-0.05, 0) is 13.0 Å². The Hall–Kier alpha value is -0.590. The molecule has 0 radical (unpaired) electrons. The Kier molecular flexibility index (Phi) is 0.970. The van der Waals surface area contributed by atoms with Crippen molar-refractivity contribution < 1.29 is 4.39 Å². The van der Waals surface area contributed by atoms with E-state index in [-0.39, 0.29) is 5.83 Å². The van der Waals surface area contributed by atoms with Crippen molar-refractivity contribution >= 4 is 0 Å². The van der Waals surface area contributed by atoms with Gasteiger partial charge in [0.1, 0.15) is 5.83 Å². The van der Waals surface area contributed by atoms with Gasteiger partial charge in [0.05, 0.1) is 0 Å². The third kappa shape index (κ3) is 0.889. The second-order valence-electron chi connectivity index (χ2n) is 1.80. The highest BCUT2D eigenvalue weighted by Gasteiger charge is 1.99. The van der Waals surface area contributed by atoms with Gasteiger partial charge in [0.15, 0.2) is 0 Å². The maximum atomic E-state index is 12.0. The maximum Gasteiger partial charge on any atom is 0.104 e. The lowest BCUT2D eigenvalue weighted by Gasteiger charge is -1.83. The molecule has 0 bridgehead atoms. The van der Waals surface area contributed by atoms with E-state index >= 15 is 0 Å². The average molecular weight is 98.1 g/mol. The Balaban J connectivity index is 2.61. The second-order valence-corrected chi connectivity index (χ2v) is 1.80. The lowest BCUT2D eigenvalue weighted by Crippen LogP contribution is -1.65. The zero-order chi connectivity index (χ0) is 5.28. The summed E-state index contributed by atoms with van der Waals surface area (Å²) in [6.45, 7) is 1.92. The van der Waals surface area contributed by atoms with Crippen molar-refractivity contribution in [3.05, 3.63) is 23.6 Å². The fraction of sp³-hybridized carbons (Fsp3) is 0.333. The Morgan fingerprint density at radius 1 is 1.57 bits per heavy atom. The van der Waals surface area contributed by atoms with Crippen molar-refractivity contribution in [3.8, 4) is 0 Å². The van der Waals surface area contributed by atoms with Crippen molar-refractivity contribution in [1.82, 2.24) is 0 Å². The van der Waals surface area contributed by atoms with Crippen molar-refractivity contribution in [2.24, 2.45) is 0 Å². The minimum Gasteiger partial charge on any atom is -0.211 e. The summed E-state index contributed by atoms with van der Waals surface area (Å²) in [5.74, 6) is -0.0162. The topological polar surface area (TPSA) is 0 Å². The highest BCUT2D eigenvalue weighted by Crippen LogP contribution is 2.17. The lowest BCUT2D eigenvalue weighted by atomic mass is 10.3. The fourth-order valence-electron chi connectivity index (χ4n) is 0.617. The first kappa shape index (κ1) is 4.57. The number of rotatable bonds is 0. The Labute approximate surface area is 42.3 Å². The molecule has 7 heavy (non-hydrogen) atoms. The minimum absolute atomic E-state index is 0.0162. The van der Waals surface area contributed by atoms with E-state index in [4.69, 9.17) is 0 Å². The molecule has 0 aromatic carbocycles. The van der Waals surface area contributed by atoms with Gasteiger partial charge in [0.25, 0.3) is 0 Å². The molecule has 0 amide bonds. The normalized spacial score (nSPS) is 19.1. The Bertz CT molecular complexity index is 115. The predicted molar refractivity (Wildman–Crippen MR) is 27.6 cm³/mol. The van der Waals surface area contributed by atoms with Gasteiger partial charge in [0.2, 0.25) is 0 Å². The lowest BCUT2D eigenvalue weighted by molar-refractivity contribution is 0.618. The zero-order valence-corrected chi connectivity index (χ0v) is 4.24. The number of allylic oxidation sites excluding steroid dienone is 4. The molecule has 0 saturated heterocycles. The summed E-state index contributed by atoms with van der Waals surface area (Å²) in [5, 5.41) is 0. The van der Waals surface area contributed by atoms with E-state index < -0.39 is 0 Å². The van der Waals surface area contributed by atoms with E-state index in [2.05, 4.69) is 0 Å². The zero-order valence-electron chi connectivity index (χ0n) is 4.24. The predicted octanol–water partition coefficient (Wildman–Crippen LogP) is 2.19. The summed E-state index contributed by atoms with van der Waals surface area (Å²) < 4.78 is 12.0. The first-order valence-electron chi connectivity index (χ1n) is 2.31. The molecule has 1 aliphatic carbocycles. The van der Waals surface area contributed by atoms with Crippen molar-refractivity contribution in [1.29, 1.82) is 0 Å². The van der Waals surface area contributed by atoms with Crippen molar-refractivity contribution in [2.45, 2.75) is 13.3 Å². The van der Waals surface area contributed by atoms with Gasteiger partial charge in [-0.2, -0.15) is 0 Å². The largest absolute Gasteiger partial charge is 0.211 e. The molecule has 0 spiro atoms. The summed E-state index contributed by atoms with van der Waals surface area (Å²) in [5.41, 5.74) is 1.11. The van der Waals surface area contributed by atoms with E-state index in [1.807, 2.05) is 6.92 Å². The molecule has 0 unspecified atom stereocenters. The highest BCUT2D eigenvalue weighted by molar-refractivity contribution is 5.24. The molecule has 0 aromatic rings. The van der Waals surface area contributed by atoms with Crippen LogP contribution in [0.5, 0.6) is 0 Å². The smallest absolute Gasteiger partial charge is 0.104 e. The third-order valence-electron chi connectivity index (χ3n) is 0.996. The SMILES string of the molecule is CC1=CC=C(F)C1. The first-order valence-corrected chi connectivity index (χ1v) is 2.31. The second kappa shape index (κ2) is 1.49. The molecule has 1 rings (SSSR count). The van der Waals surface area contributed by atoms with Crippen LogP contribution in [0.25, 0.3) is 0 Å². The van der Waals surface area contributed by atoms with Crippen LogP contribution < -0.4 is 0 Å². The van der Waals surface area contributed by atoms with E-state index in [0.29, 0.717) is 6.42 Å². The summed E-state index contributed by atoms with van der Waals surface area (Å²) in [6.07, 6.45) is 3.84. The molecule has 0 nitrogen and oxygen atoms in total. The van der Waals surface area contributed by atoms with Crippen LogP contribution in [0.15, 0.2) is 23.6 Å². The Morgan fingerprint density at radius 2 is 2.29 bits per heavy atom. The number of hydrogen-bond acceptors (Lipinski definition) is 0. The minimum atomic E-state index is -0.0162. The molecule has 0 aliphatic heterocycles. The number of hydrogen-bond donors (Lipinski definition) is 0. The van der Waals surface area contributed by atoms with Gasteiger partial charge in [-0.15, -0.1) is 0 Å². The summed E-state index contributed by atoms with van der Waals surface area (Å²) in [4.78, 5) is 0. The molecule has 0 fully saturated rings. The molecule has 1 heteroatoms. The van der Waals surface area contributed by atoms with Crippen LogP contribution in [0.4, 0.5) is 4.39 Å². The van der Waals surface area contributed by atoms with Crippen LogP contribution in [0, 0.1) is 0 Å². The van der Waals surface area contributed by atoms with Gasteiger partial charge < -0.3 is 0 Å².